The fraction of sp³-hybridized carbons (Fsp3) is 0.471. The molecule has 1 unspecified atom stereocenters. The van der Waals surface area contributed by atoms with Crippen LogP contribution in [0.15, 0.2) is 29.0 Å². The van der Waals surface area contributed by atoms with Gasteiger partial charge in [-0.3, -0.25) is 9.80 Å². The summed E-state index contributed by atoms with van der Waals surface area (Å²) in [5.74, 6) is 0.526. The number of fused-ring (bicyclic) bond motifs is 2. The van der Waals surface area contributed by atoms with Crippen LogP contribution in [0.2, 0.25) is 0 Å². The number of nitrogens with zero attached hydrogens (tertiary/aromatic N) is 2. The number of piperidine rings is 3. The molecule has 4 fully saturated rings. The van der Waals surface area contributed by atoms with Crippen molar-refractivity contribution in [2.75, 3.05) is 31.1 Å². The first-order valence-electron chi connectivity index (χ1n) is 8.09. The smallest absolute Gasteiger partial charge is 0.415 e. The van der Waals surface area contributed by atoms with Crippen LogP contribution in [0.5, 0.6) is 0 Å². The van der Waals surface area contributed by atoms with E-state index in [1.165, 1.54) is 10.4 Å². The molecule has 4 saturated heterocycles. The SMILES string of the molecule is O=C1OC2(CN3CCC2CC3)CN1c1ccc(-c2ccsc2)s1. The number of hydrogen-bond acceptors (Lipinski definition) is 5. The van der Waals surface area contributed by atoms with Crippen molar-refractivity contribution in [1.29, 1.82) is 0 Å². The van der Waals surface area contributed by atoms with E-state index in [0.29, 0.717) is 12.5 Å². The molecule has 120 valence electrons. The second-order valence-corrected chi connectivity index (χ2v) is 8.56. The molecule has 2 aromatic heterocycles. The molecule has 0 saturated carbocycles. The highest BCUT2D eigenvalue weighted by Crippen LogP contribution is 2.45. The van der Waals surface area contributed by atoms with Crippen LogP contribution in [0.4, 0.5) is 9.80 Å². The summed E-state index contributed by atoms with van der Waals surface area (Å²) in [4.78, 5) is 18.0. The number of carbonyl (C=O) groups is 1. The summed E-state index contributed by atoms with van der Waals surface area (Å²) in [6, 6.07) is 6.29. The van der Waals surface area contributed by atoms with Crippen LogP contribution in [0, 0.1) is 5.92 Å². The molecule has 2 bridgehead atoms. The molecule has 1 amide bonds. The van der Waals surface area contributed by atoms with Gasteiger partial charge in [-0.1, -0.05) is 0 Å². The third kappa shape index (κ3) is 2.16. The molecule has 0 aliphatic carbocycles. The van der Waals surface area contributed by atoms with Crippen molar-refractivity contribution in [1.82, 2.24) is 4.90 Å². The first-order valence-corrected chi connectivity index (χ1v) is 9.85. The van der Waals surface area contributed by atoms with Crippen LogP contribution >= 0.6 is 22.7 Å². The molecule has 0 aromatic carbocycles. The maximum Gasteiger partial charge on any atom is 0.415 e. The summed E-state index contributed by atoms with van der Waals surface area (Å²) in [6.45, 7) is 3.93. The fourth-order valence-electron chi connectivity index (χ4n) is 4.21. The quantitative estimate of drug-likeness (QED) is 0.827. The van der Waals surface area contributed by atoms with Crippen molar-refractivity contribution in [3.8, 4) is 10.4 Å². The van der Waals surface area contributed by atoms with E-state index in [0.717, 1.165) is 37.5 Å². The van der Waals surface area contributed by atoms with Crippen LogP contribution < -0.4 is 4.90 Å². The summed E-state index contributed by atoms with van der Waals surface area (Å²) in [7, 11) is 0. The van der Waals surface area contributed by atoms with Gasteiger partial charge in [0.1, 0.15) is 10.6 Å². The largest absolute Gasteiger partial charge is 0.439 e. The molecule has 1 spiro atoms. The molecule has 6 rings (SSSR count). The second-order valence-electron chi connectivity index (χ2n) is 6.72. The van der Waals surface area contributed by atoms with Crippen molar-refractivity contribution in [2.24, 2.45) is 5.92 Å². The third-order valence-corrected chi connectivity index (χ3v) is 7.26. The van der Waals surface area contributed by atoms with Crippen LogP contribution in [-0.4, -0.2) is 42.8 Å². The van der Waals surface area contributed by atoms with Gasteiger partial charge in [0.15, 0.2) is 0 Å². The second kappa shape index (κ2) is 5.06. The number of carbonyl (C=O) groups excluding carboxylic acids is 1. The van der Waals surface area contributed by atoms with Gasteiger partial charge in [0.25, 0.3) is 0 Å². The maximum absolute atomic E-state index is 12.5. The summed E-state index contributed by atoms with van der Waals surface area (Å²) in [5, 5.41) is 5.23. The van der Waals surface area contributed by atoms with Gasteiger partial charge in [0.05, 0.1) is 6.54 Å². The van der Waals surface area contributed by atoms with Crippen molar-refractivity contribution in [2.45, 2.75) is 18.4 Å². The Kier molecular flexibility index (Phi) is 3.08. The molecule has 4 aliphatic heterocycles. The zero-order valence-corrected chi connectivity index (χ0v) is 14.4. The highest BCUT2D eigenvalue weighted by molar-refractivity contribution is 7.20. The van der Waals surface area contributed by atoms with Gasteiger partial charge in [0.2, 0.25) is 0 Å². The average molecular weight is 346 g/mol. The monoisotopic (exact) mass is 346 g/mol. The first-order chi connectivity index (χ1) is 11.2. The van der Waals surface area contributed by atoms with Gasteiger partial charge in [0, 0.05) is 22.9 Å². The summed E-state index contributed by atoms with van der Waals surface area (Å²) >= 11 is 3.38. The van der Waals surface area contributed by atoms with E-state index < -0.39 is 0 Å². The predicted molar refractivity (Wildman–Crippen MR) is 93.4 cm³/mol. The van der Waals surface area contributed by atoms with Crippen LogP contribution in [0.25, 0.3) is 10.4 Å². The lowest BCUT2D eigenvalue weighted by Gasteiger charge is -2.49. The number of amides is 1. The van der Waals surface area contributed by atoms with Crippen molar-refractivity contribution in [3.63, 3.8) is 0 Å². The van der Waals surface area contributed by atoms with Gasteiger partial charge in [-0.25, -0.2) is 4.79 Å². The van der Waals surface area contributed by atoms with Crippen molar-refractivity contribution < 1.29 is 9.53 Å². The lowest BCUT2D eigenvalue weighted by atomic mass is 9.75. The molecular weight excluding hydrogens is 328 g/mol. The minimum atomic E-state index is -0.278. The van der Waals surface area contributed by atoms with E-state index >= 15 is 0 Å². The zero-order chi connectivity index (χ0) is 15.4. The number of ether oxygens (including phenoxy) is 1. The molecule has 2 aromatic rings. The Bertz CT molecular complexity index is 734. The number of hydrogen-bond donors (Lipinski definition) is 0. The first kappa shape index (κ1) is 14.0. The summed E-state index contributed by atoms with van der Waals surface area (Å²) in [5.41, 5.74) is 0.955. The summed E-state index contributed by atoms with van der Waals surface area (Å²) < 4.78 is 5.94. The molecule has 4 aliphatic rings. The fourth-order valence-corrected chi connectivity index (χ4v) is 5.94. The van der Waals surface area contributed by atoms with Crippen molar-refractivity contribution in [3.05, 3.63) is 29.0 Å². The Morgan fingerprint density at radius 2 is 2.04 bits per heavy atom. The number of thiophene rings is 2. The Labute approximate surface area is 143 Å². The normalized spacial score (nSPS) is 32.7. The van der Waals surface area contributed by atoms with Gasteiger partial charge >= 0.3 is 6.09 Å². The standard InChI is InChI=1S/C17H18N2O2S2/c20-16-19(15-2-1-14(23-15)12-5-8-22-9-12)11-17(21-16)10-18-6-3-13(17)4-7-18/h1-2,5,8-9,13H,3-4,6-7,10-11H2. The maximum atomic E-state index is 12.5. The molecule has 1 atom stereocenters. The topological polar surface area (TPSA) is 32.8 Å². The van der Waals surface area contributed by atoms with Gasteiger partial charge in [-0.05, 0) is 54.9 Å². The van der Waals surface area contributed by atoms with Crippen LogP contribution in [-0.2, 0) is 4.74 Å². The molecule has 6 heteroatoms. The lowest BCUT2D eigenvalue weighted by molar-refractivity contribution is -0.0881. The molecule has 6 heterocycles. The Morgan fingerprint density at radius 1 is 1.17 bits per heavy atom. The van der Waals surface area contributed by atoms with Crippen LogP contribution in [0.3, 0.4) is 0 Å². The molecule has 4 nitrogen and oxygen atoms in total. The Balaban J connectivity index is 1.43. The lowest BCUT2D eigenvalue weighted by Crippen LogP contribution is -2.61. The predicted octanol–water partition coefficient (Wildman–Crippen LogP) is 3.90. The Morgan fingerprint density at radius 3 is 2.74 bits per heavy atom. The number of rotatable bonds is 2. The van der Waals surface area contributed by atoms with E-state index in [-0.39, 0.29) is 11.7 Å². The average Bonchev–Trinajstić information content (AvgIpc) is 3.28. The molecule has 0 N–H and O–H groups in total. The van der Waals surface area contributed by atoms with E-state index in [1.807, 2.05) is 4.90 Å². The van der Waals surface area contributed by atoms with E-state index in [4.69, 9.17) is 4.74 Å². The number of anilines is 1. The Hall–Kier alpha value is -1.37. The highest BCUT2D eigenvalue weighted by Gasteiger charge is 2.55. The van der Waals surface area contributed by atoms with E-state index in [2.05, 4.69) is 33.9 Å². The zero-order valence-electron chi connectivity index (χ0n) is 12.7. The van der Waals surface area contributed by atoms with E-state index in [1.54, 1.807) is 22.7 Å². The molecular formula is C17H18N2O2S2. The highest BCUT2D eigenvalue weighted by atomic mass is 32.1. The molecule has 23 heavy (non-hydrogen) atoms. The van der Waals surface area contributed by atoms with Crippen LogP contribution in [0.1, 0.15) is 12.8 Å². The van der Waals surface area contributed by atoms with Gasteiger partial charge < -0.3 is 4.74 Å². The van der Waals surface area contributed by atoms with E-state index in [9.17, 15) is 4.79 Å². The molecule has 0 radical (unpaired) electrons. The minimum absolute atomic E-state index is 0.169. The van der Waals surface area contributed by atoms with Gasteiger partial charge in [-0.15, -0.1) is 11.3 Å². The third-order valence-electron chi connectivity index (χ3n) is 5.42. The summed E-state index contributed by atoms with van der Waals surface area (Å²) in [6.07, 6.45) is 2.15. The minimum Gasteiger partial charge on any atom is -0.439 e. The van der Waals surface area contributed by atoms with Gasteiger partial charge in [-0.2, -0.15) is 11.3 Å². The van der Waals surface area contributed by atoms with Crippen molar-refractivity contribution >= 4 is 33.8 Å².